The van der Waals surface area contributed by atoms with Gasteiger partial charge < -0.3 is 9.88 Å². The van der Waals surface area contributed by atoms with E-state index in [9.17, 15) is 9.59 Å². The number of hydrazine groups is 1. The van der Waals surface area contributed by atoms with Gasteiger partial charge in [0.1, 0.15) is 4.83 Å². The van der Waals surface area contributed by atoms with E-state index in [4.69, 9.17) is 17.4 Å². The lowest BCUT2D eigenvalue weighted by molar-refractivity contribution is -0.132. The number of aromatic nitrogens is 2. The number of thiazole rings is 1. The fraction of sp³-hybridized carbons (Fsp3) is 0.417. The molecule has 0 spiro atoms. The van der Waals surface area contributed by atoms with Crippen LogP contribution in [0.25, 0.3) is 10.3 Å². The molecule has 0 radical (unpaired) electrons. The van der Waals surface area contributed by atoms with E-state index < -0.39 is 0 Å². The zero-order valence-electron chi connectivity index (χ0n) is 11.5. The van der Waals surface area contributed by atoms with Crippen molar-refractivity contribution >= 4 is 51.6 Å². The van der Waals surface area contributed by atoms with E-state index in [-0.39, 0.29) is 29.6 Å². The van der Waals surface area contributed by atoms with Crippen molar-refractivity contribution in [3.63, 3.8) is 0 Å². The molecular formula is C12H15Cl2N5O2S. The number of piperazine rings is 1. The van der Waals surface area contributed by atoms with Crippen molar-refractivity contribution in [3.05, 3.63) is 26.5 Å². The molecule has 0 bridgehead atoms. The molecule has 0 unspecified atom stereocenters. The lowest BCUT2D eigenvalue weighted by atomic mass is 10.1. The van der Waals surface area contributed by atoms with Crippen LogP contribution in [0.1, 0.15) is 5.56 Å². The molecule has 0 atom stereocenters. The molecule has 1 amide bonds. The minimum absolute atomic E-state index is 0. The van der Waals surface area contributed by atoms with E-state index in [0.29, 0.717) is 47.1 Å². The number of fused-ring (bicyclic) bond motifs is 1. The molecule has 0 saturated carbocycles. The van der Waals surface area contributed by atoms with Crippen LogP contribution in [0, 0.1) is 0 Å². The van der Waals surface area contributed by atoms with Gasteiger partial charge in [0.15, 0.2) is 0 Å². The molecule has 3 N–H and O–H groups in total. The second-order valence-corrected chi connectivity index (χ2v) is 6.24. The normalized spacial score (nSPS) is 15.8. The van der Waals surface area contributed by atoms with Crippen molar-refractivity contribution in [2.45, 2.75) is 6.42 Å². The largest absolute Gasteiger partial charge is 0.340 e. The van der Waals surface area contributed by atoms with Crippen LogP contribution < -0.4 is 10.7 Å². The van der Waals surface area contributed by atoms with E-state index in [0.717, 1.165) is 11.3 Å². The Hall–Kier alpha value is -1.19. The Morgan fingerprint density at radius 2 is 2.09 bits per heavy atom. The number of aromatic amines is 1. The van der Waals surface area contributed by atoms with Crippen LogP contribution in [0.2, 0.25) is 5.02 Å². The molecule has 10 heteroatoms. The van der Waals surface area contributed by atoms with Gasteiger partial charge in [-0.25, -0.2) is 9.99 Å². The summed E-state index contributed by atoms with van der Waals surface area (Å²) in [5.41, 5.74) is 1.18. The van der Waals surface area contributed by atoms with E-state index in [1.54, 1.807) is 9.91 Å². The molecule has 2 aromatic heterocycles. The molecule has 0 aliphatic carbocycles. The Bertz CT molecular complexity index is 739. The van der Waals surface area contributed by atoms with E-state index in [1.165, 1.54) is 6.20 Å². The average Bonchev–Trinajstić information content (AvgIpc) is 2.83. The van der Waals surface area contributed by atoms with Gasteiger partial charge in [-0.15, -0.1) is 12.4 Å². The van der Waals surface area contributed by atoms with Crippen LogP contribution in [0.15, 0.2) is 11.0 Å². The van der Waals surface area contributed by atoms with Gasteiger partial charge in [0.25, 0.3) is 0 Å². The summed E-state index contributed by atoms with van der Waals surface area (Å²) in [6.45, 7) is 2.50. The topological polar surface area (TPSA) is 95.3 Å². The molecule has 1 aliphatic heterocycles. The van der Waals surface area contributed by atoms with Crippen LogP contribution >= 0.6 is 35.3 Å². The first kappa shape index (κ1) is 17.2. The van der Waals surface area contributed by atoms with Crippen LogP contribution in [-0.2, 0) is 11.2 Å². The first-order valence-corrected chi connectivity index (χ1v) is 7.67. The second kappa shape index (κ2) is 6.93. The fourth-order valence-corrected chi connectivity index (χ4v) is 3.26. The van der Waals surface area contributed by atoms with Gasteiger partial charge in [-0.2, -0.15) is 0 Å². The maximum Gasteiger partial charge on any atom is 0.307 e. The number of hydrogen-bond acceptors (Lipinski definition) is 6. The second-order valence-electron chi connectivity index (χ2n) is 4.87. The first-order valence-electron chi connectivity index (χ1n) is 6.48. The number of amides is 1. The number of nitrogens with two attached hydrogens (primary N) is 1. The number of H-pyrrole nitrogens is 1. The summed E-state index contributed by atoms with van der Waals surface area (Å²) >= 11 is 7.15. The summed E-state index contributed by atoms with van der Waals surface area (Å²) in [4.78, 5) is 32.7. The summed E-state index contributed by atoms with van der Waals surface area (Å²) < 4.78 is 0. The highest BCUT2D eigenvalue weighted by molar-refractivity contribution is 7.15. The maximum absolute atomic E-state index is 12.4. The summed E-state index contributed by atoms with van der Waals surface area (Å²) in [6, 6.07) is 0. The minimum atomic E-state index is -0.204. The van der Waals surface area contributed by atoms with Gasteiger partial charge in [-0.1, -0.05) is 22.9 Å². The van der Waals surface area contributed by atoms with Gasteiger partial charge in [0.05, 0.1) is 17.0 Å². The highest BCUT2D eigenvalue weighted by Crippen LogP contribution is 2.25. The maximum atomic E-state index is 12.4. The number of hydrogen-bond donors (Lipinski definition) is 2. The summed E-state index contributed by atoms with van der Waals surface area (Å²) in [7, 11) is 0. The molecule has 0 aromatic carbocycles. The monoisotopic (exact) mass is 363 g/mol. The molecule has 120 valence electrons. The number of carbonyl (C=O) groups is 1. The molecule has 3 rings (SSSR count). The molecule has 1 aliphatic rings. The zero-order valence-corrected chi connectivity index (χ0v) is 13.9. The highest BCUT2D eigenvalue weighted by atomic mass is 35.5. The number of nitrogens with one attached hydrogen (secondary N) is 1. The summed E-state index contributed by atoms with van der Waals surface area (Å²) in [5, 5.41) is 2.08. The zero-order chi connectivity index (χ0) is 15.0. The van der Waals surface area contributed by atoms with Crippen molar-refractivity contribution in [1.29, 1.82) is 0 Å². The minimum Gasteiger partial charge on any atom is -0.340 e. The SMILES string of the molecule is Cl.NN1CCN(C(=O)Cc2c(Cl)cnc3sc(=O)[nH]c23)CC1. The Kier molecular flexibility index (Phi) is 5.41. The van der Waals surface area contributed by atoms with Gasteiger partial charge in [0, 0.05) is 37.9 Å². The van der Waals surface area contributed by atoms with Gasteiger partial charge >= 0.3 is 4.87 Å². The van der Waals surface area contributed by atoms with Crippen LogP contribution in [-0.4, -0.2) is 52.0 Å². The van der Waals surface area contributed by atoms with Gasteiger partial charge in [-0.05, 0) is 0 Å². The first-order chi connectivity index (χ1) is 10.0. The molecule has 1 fully saturated rings. The number of pyridine rings is 1. The lowest BCUT2D eigenvalue weighted by Gasteiger charge is -2.32. The van der Waals surface area contributed by atoms with Gasteiger partial charge in [0.2, 0.25) is 5.91 Å². The Morgan fingerprint density at radius 3 is 2.77 bits per heavy atom. The molecule has 2 aromatic rings. The average molecular weight is 364 g/mol. The predicted octanol–water partition coefficient (Wildman–Crippen LogP) is 0.620. The van der Waals surface area contributed by atoms with E-state index >= 15 is 0 Å². The number of halogens is 2. The third-order valence-electron chi connectivity index (χ3n) is 3.51. The van der Waals surface area contributed by atoms with Crippen LogP contribution in [0.4, 0.5) is 0 Å². The summed E-state index contributed by atoms with van der Waals surface area (Å²) in [5.74, 6) is 5.66. The van der Waals surface area contributed by atoms with Crippen molar-refractivity contribution in [2.24, 2.45) is 5.84 Å². The molecule has 7 nitrogen and oxygen atoms in total. The number of rotatable bonds is 2. The third-order valence-corrected chi connectivity index (χ3v) is 4.63. The third kappa shape index (κ3) is 3.41. The van der Waals surface area contributed by atoms with Crippen molar-refractivity contribution < 1.29 is 4.79 Å². The molecular weight excluding hydrogens is 349 g/mol. The number of nitrogens with zero attached hydrogens (tertiary/aromatic N) is 3. The molecule has 22 heavy (non-hydrogen) atoms. The van der Waals surface area contributed by atoms with Gasteiger partial charge in [-0.3, -0.25) is 15.4 Å². The van der Waals surface area contributed by atoms with Crippen molar-refractivity contribution in [2.75, 3.05) is 26.2 Å². The molecule has 3 heterocycles. The van der Waals surface area contributed by atoms with Crippen LogP contribution in [0.3, 0.4) is 0 Å². The molecule has 1 saturated heterocycles. The Balaban J connectivity index is 0.00000176. The Labute approximate surface area is 141 Å². The van der Waals surface area contributed by atoms with E-state index in [2.05, 4.69) is 9.97 Å². The smallest absolute Gasteiger partial charge is 0.307 e. The quantitative estimate of drug-likeness (QED) is 0.762. The van der Waals surface area contributed by atoms with Crippen LogP contribution in [0.5, 0.6) is 0 Å². The summed E-state index contributed by atoms with van der Waals surface area (Å²) in [6.07, 6.45) is 1.63. The number of carbonyl (C=O) groups excluding carboxylic acids is 1. The standard InChI is InChI=1S/C12H14ClN5O2S.ClH/c13-8-6-15-11-10(16-12(20)21-11)7(8)5-9(19)17-1-3-18(14)4-2-17;/h6H,1-5,14H2,(H,16,20);1H. The van der Waals surface area contributed by atoms with Crippen molar-refractivity contribution in [1.82, 2.24) is 19.9 Å². The predicted molar refractivity (Wildman–Crippen MR) is 88.5 cm³/mol. The van der Waals surface area contributed by atoms with E-state index in [1.807, 2.05) is 0 Å². The Morgan fingerprint density at radius 1 is 1.41 bits per heavy atom. The highest BCUT2D eigenvalue weighted by Gasteiger charge is 2.22. The van der Waals surface area contributed by atoms with Crippen molar-refractivity contribution in [3.8, 4) is 0 Å². The fourth-order valence-electron chi connectivity index (χ4n) is 2.34. The lowest BCUT2D eigenvalue weighted by Crippen LogP contribution is -2.51.